The molecule has 2 rings (SSSR count). The van der Waals surface area contributed by atoms with Crippen LogP contribution in [0.1, 0.15) is 5.56 Å². The van der Waals surface area contributed by atoms with Crippen LogP contribution in [0.15, 0.2) is 40.9 Å². The van der Waals surface area contributed by atoms with Gasteiger partial charge in [-0.1, -0.05) is 45.2 Å². The Balaban J connectivity index is 2.21. The average molecular weight is 361 g/mol. The summed E-state index contributed by atoms with van der Waals surface area (Å²) >= 11 is 15.6. The Labute approximate surface area is 130 Å². The zero-order valence-corrected chi connectivity index (χ0v) is 13.3. The van der Waals surface area contributed by atoms with Crippen molar-refractivity contribution in [3.63, 3.8) is 0 Å². The van der Waals surface area contributed by atoms with E-state index in [-0.39, 0.29) is 0 Å². The lowest BCUT2D eigenvalue weighted by molar-refractivity contribution is 0.482. The largest absolute Gasteiger partial charge is 0.456 e. The molecule has 0 aliphatic carbocycles. The molecule has 0 saturated carbocycles. The number of hydrogen-bond donors (Lipinski definition) is 1. The van der Waals surface area contributed by atoms with E-state index in [2.05, 4.69) is 21.2 Å². The molecule has 0 aliphatic heterocycles. The molecule has 0 bridgehead atoms. The van der Waals surface area contributed by atoms with E-state index in [1.165, 1.54) is 0 Å². The van der Waals surface area contributed by atoms with Gasteiger partial charge in [0.15, 0.2) is 0 Å². The molecule has 1 N–H and O–H groups in total. The molecule has 100 valence electrons. The third kappa shape index (κ3) is 3.86. The van der Waals surface area contributed by atoms with Gasteiger partial charge < -0.3 is 10.1 Å². The van der Waals surface area contributed by atoms with Crippen molar-refractivity contribution < 1.29 is 4.74 Å². The van der Waals surface area contributed by atoms with Crippen LogP contribution in [0, 0.1) is 0 Å². The van der Waals surface area contributed by atoms with Crippen LogP contribution in [0.5, 0.6) is 11.5 Å². The van der Waals surface area contributed by atoms with Crippen molar-refractivity contribution in [2.75, 3.05) is 7.05 Å². The highest BCUT2D eigenvalue weighted by atomic mass is 79.9. The van der Waals surface area contributed by atoms with E-state index >= 15 is 0 Å². The predicted octanol–water partition coefficient (Wildman–Crippen LogP) is 5.27. The fourth-order valence-corrected chi connectivity index (χ4v) is 2.56. The molecule has 5 heteroatoms. The molecule has 0 heterocycles. The van der Waals surface area contributed by atoms with Crippen molar-refractivity contribution >= 4 is 39.1 Å². The molecule has 2 nitrogen and oxygen atoms in total. The number of halogens is 3. The van der Waals surface area contributed by atoms with E-state index in [1.807, 2.05) is 31.3 Å². The Morgan fingerprint density at radius 3 is 2.53 bits per heavy atom. The SMILES string of the molecule is CNCc1ccc(Oc2ccc(Br)cc2Cl)cc1Cl. The van der Waals surface area contributed by atoms with Crippen molar-refractivity contribution in [3.8, 4) is 11.5 Å². The molecule has 0 spiro atoms. The fourth-order valence-electron chi connectivity index (χ4n) is 1.61. The van der Waals surface area contributed by atoms with E-state index in [1.54, 1.807) is 12.1 Å². The summed E-state index contributed by atoms with van der Waals surface area (Å²) in [6.07, 6.45) is 0. The Bertz CT molecular complexity index is 590. The zero-order valence-electron chi connectivity index (χ0n) is 10.2. The highest BCUT2D eigenvalue weighted by Gasteiger charge is 2.06. The number of hydrogen-bond acceptors (Lipinski definition) is 2. The van der Waals surface area contributed by atoms with Gasteiger partial charge in [0.25, 0.3) is 0 Å². The quantitative estimate of drug-likeness (QED) is 0.802. The van der Waals surface area contributed by atoms with Gasteiger partial charge in [-0.25, -0.2) is 0 Å². The highest BCUT2D eigenvalue weighted by Crippen LogP contribution is 2.33. The molecule has 0 unspecified atom stereocenters. The van der Waals surface area contributed by atoms with Gasteiger partial charge in [-0.15, -0.1) is 0 Å². The number of rotatable bonds is 4. The lowest BCUT2D eigenvalue weighted by Gasteiger charge is -2.10. The summed E-state index contributed by atoms with van der Waals surface area (Å²) in [7, 11) is 1.88. The third-order valence-corrected chi connectivity index (χ3v) is 3.65. The van der Waals surface area contributed by atoms with Gasteiger partial charge in [0.05, 0.1) is 5.02 Å². The summed E-state index contributed by atoms with van der Waals surface area (Å²) in [5, 5.41) is 4.27. The standard InChI is InChI=1S/C14H12BrCl2NO/c1-18-8-9-2-4-11(7-12(9)16)19-14-5-3-10(15)6-13(14)17/h2-7,18H,8H2,1H3. The highest BCUT2D eigenvalue weighted by molar-refractivity contribution is 9.10. The maximum absolute atomic E-state index is 6.18. The monoisotopic (exact) mass is 359 g/mol. The second-order valence-corrected chi connectivity index (χ2v) is 5.69. The lowest BCUT2D eigenvalue weighted by Crippen LogP contribution is -2.05. The Kier molecular flexibility index (Phi) is 5.11. The van der Waals surface area contributed by atoms with Crippen molar-refractivity contribution in [2.45, 2.75) is 6.54 Å². The molecule has 0 radical (unpaired) electrons. The second kappa shape index (κ2) is 6.62. The summed E-state index contributed by atoms with van der Waals surface area (Å²) in [4.78, 5) is 0. The molecule has 0 atom stereocenters. The van der Waals surface area contributed by atoms with Crippen molar-refractivity contribution in [1.82, 2.24) is 5.32 Å². The van der Waals surface area contributed by atoms with Gasteiger partial charge in [-0.2, -0.15) is 0 Å². The van der Waals surface area contributed by atoms with E-state index in [0.717, 1.165) is 16.6 Å². The third-order valence-electron chi connectivity index (χ3n) is 2.51. The van der Waals surface area contributed by atoms with Gasteiger partial charge >= 0.3 is 0 Å². The van der Waals surface area contributed by atoms with E-state index in [4.69, 9.17) is 27.9 Å². The summed E-state index contributed by atoms with van der Waals surface area (Å²) < 4.78 is 6.63. The van der Waals surface area contributed by atoms with E-state index < -0.39 is 0 Å². The first-order valence-electron chi connectivity index (χ1n) is 5.66. The Hall–Kier alpha value is -0.740. The molecule has 0 aromatic heterocycles. The molecular formula is C14H12BrCl2NO. The molecule has 2 aromatic rings. The van der Waals surface area contributed by atoms with E-state index in [9.17, 15) is 0 Å². The van der Waals surface area contributed by atoms with Crippen LogP contribution < -0.4 is 10.1 Å². The van der Waals surface area contributed by atoms with Crippen LogP contribution in [-0.2, 0) is 6.54 Å². The first kappa shape index (κ1) is 14.7. The normalized spacial score (nSPS) is 10.5. The molecule has 0 aliphatic rings. The molecule has 0 saturated heterocycles. The van der Waals surface area contributed by atoms with Gasteiger partial charge in [0.2, 0.25) is 0 Å². The second-order valence-electron chi connectivity index (χ2n) is 3.96. The van der Waals surface area contributed by atoms with Crippen LogP contribution in [0.3, 0.4) is 0 Å². The topological polar surface area (TPSA) is 21.3 Å². The molecule has 2 aromatic carbocycles. The number of benzene rings is 2. The molecule has 19 heavy (non-hydrogen) atoms. The maximum atomic E-state index is 6.18. The summed E-state index contributed by atoms with van der Waals surface area (Å²) in [6, 6.07) is 11.1. The van der Waals surface area contributed by atoms with Crippen LogP contribution in [0.4, 0.5) is 0 Å². The first-order valence-corrected chi connectivity index (χ1v) is 7.21. The minimum absolute atomic E-state index is 0.546. The van der Waals surface area contributed by atoms with Crippen LogP contribution in [-0.4, -0.2) is 7.05 Å². The van der Waals surface area contributed by atoms with Crippen LogP contribution in [0.2, 0.25) is 10.0 Å². The molecular weight excluding hydrogens is 349 g/mol. The fraction of sp³-hybridized carbons (Fsp3) is 0.143. The summed E-state index contributed by atoms with van der Waals surface area (Å²) in [5.74, 6) is 1.26. The van der Waals surface area contributed by atoms with Crippen molar-refractivity contribution in [3.05, 3.63) is 56.5 Å². The molecule has 0 amide bonds. The minimum Gasteiger partial charge on any atom is -0.456 e. The maximum Gasteiger partial charge on any atom is 0.146 e. The Morgan fingerprint density at radius 1 is 1.11 bits per heavy atom. The van der Waals surface area contributed by atoms with Gasteiger partial charge in [-0.3, -0.25) is 0 Å². The lowest BCUT2D eigenvalue weighted by atomic mass is 10.2. The minimum atomic E-state index is 0.546. The van der Waals surface area contributed by atoms with Gasteiger partial charge in [0.1, 0.15) is 11.5 Å². The van der Waals surface area contributed by atoms with Crippen LogP contribution in [0.25, 0.3) is 0 Å². The first-order chi connectivity index (χ1) is 9.10. The van der Waals surface area contributed by atoms with E-state index in [0.29, 0.717) is 21.5 Å². The average Bonchev–Trinajstić information content (AvgIpc) is 2.36. The van der Waals surface area contributed by atoms with Crippen molar-refractivity contribution in [2.24, 2.45) is 0 Å². The van der Waals surface area contributed by atoms with Crippen LogP contribution >= 0.6 is 39.1 Å². The molecule has 0 fully saturated rings. The zero-order chi connectivity index (χ0) is 13.8. The number of nitrogens with one attached hydrogen (secondary N) is 1. The van der Waals surface area contributed by atoms with Gasteiger partial charge in [-0.05, 0) is 42.9 Å². The predicted molar refractivity (Wildman–Crippen MR) is 83.4 cm³/mol. The summed E-state index contributed by atoms with van der Waals surface area (Å²) in [5.41, 5.74) is 1.03. The smallest absolute Gasteiger partial charge is 0.146 e. The Morgan fingerprint density at radius 2 is 1.89 bits per heavy atom. The summed E-state index contributed by atoms with van der Waals surface area (Å²) in [6.45, 7) is 0.720. The van der Waals surface area contributed by atoms with Gasteiger partial charge in [0, 0.05) is 16.0 Å². The number of ether oxygens (including phenoxy) is 1. The van der Waals surface area contributed by atoms with Crippen molar-refractivity contribution in [1.29, 1.82) is 0 Å².